The van der Waals surface area contributed by atoms with E-state index in [0.717, 1.165) is 5.56 Å². The Labute approximate surface area is 193 Å². The number of nitrogens with one attached hydrogen (secondary N) is 2. The second kappa shape index (κ2) is 9.46. The van der Waals surface area contributed by atoms with Gasteiger partial charge in [0.15, 0.2) is 0 Å². The Morgan fingerprint density at radius 3 is 2.53 bits per heavy atom. The van der Waals surface area contributed by atoms with Gasteiger partial charge in [-0.1, -0.05) is 51.4 Å². The first kappa shape index (κ1) is 24.0. The number of nitrogens with zero attached hydrogens (tertiary/aromatic N) is 2. The van der Waals surface area contributed by atoms with Crippen molar-refractivity contribution >= 4 is 29.5 Å². The fraction of sp³-hybridized carbons (Fsp3) is 0.458. The van der Waals surface area contributed by atoms with E-state index in [2.05, 4.69) is 15.3 Å². The summed E-state index contributed by atoms with van der Waals surface area (Å²) in [5, 5.41) is 15.0. The third-order valence-corrected chi connectivity index (χ3v) is 6.48. The highest BCUT2D eigenvalue weighted by atomic mass is 35.5. The molecule has 0 spiro atoms. The lowest BCUT2D eigenvalue weighted by atomic mass is 9.66. The van der Waals surface area contributed by atoms with Gasteiger partial charge in [0.05, 0.1) is 5.60 Å². The van der Waals surface area contributed by atoms with Crippen LogP contribution >= 0.6 is 11.6 Å². The van der Waals surface area contributed by atoms with Gasteiger partial charge in [0, 0.05) is 42.0 Å². The molecule has 2 atom stereocenters. The molecule has 8 heteroatoms. The first-order chi connectivity index (χ1) is 15.0. The maximum Gasteiger partial charge on any atom is 0.245 e. The smallest absolute Gasteiger partial charge is 0.245 e. The van der Waals surface area contributed by atoms with E-state index in [9.17, 15) is 14.7 Å². The summed E-state index contributed by atoms with van der Waals surface area (Å²) in [4.78, 5) is 34.5. The molecular weight excluding hydrogens is 428 g/mol. The second-order valence-corrected chi connectivity index (χ2v) is 9.74. The Kier molecular flexibility index (Phi) is 7.10. The number of likely N-dealkylation sites (tertiary alicyclic amines) is 1. The summed E-state index contributed by atoms with van der Waals surface area (Å²) in [5.41, 5.74) is -0.897. The number of piperidine rings is 1. The third kappa shape index (κ3) is 5.05. The molecule has 0 radical (unpaired) electrons. The number of imidazole rings is 1. The first-order valence-corrected chi connectivity index (χ1v) is 11.2. The molecule has 0 bridgehead atoms. The molecule has 0 saturated carbocycles. The lowest BCUT2D eigenvalue weighted by Crippen LogP contribution is -2.60. The number of carbonyl (C=O) groups excluding carboxylic acids is 2. The summed E-state index contributed by atoms with van der Waals surface area (Å²) in [7, 11) is 0. The van der Waals surface area contributed by atoms with Crippen molar-refractivity contribution in [3.63, 3.8) is 0 Å². The molecule has 1 aliphatic rings. The van der Waals surface area contributed by atoms with Crippen molar-refractivity contribution in [2.75, 3.05) is 13.1 Å². The first-order valence-electron chi connectivity index (χ1n) is 10.8. The fourth-order valence-corrected chi connectivity index (χ4v) is 4.33. The van der Waals surface area contributed by atoms with E-state index in [1.807, 2.05) is 39.8 Å². The average Bonchev–Trinajstić information content (AvgIpc) is 3.26. The van der Waals surface area contributed by atoms with Gasteiger partial charge in [-0.25, -0.2) is 4.98 Å². The quantitative estimate of drug-likeness (QED) is 0.578. The molecule has 172 valence electrons. The van der Waals surface area contributed by atoms with Crippen molar-refractivity contribution in [2.45, 2.75) is 45.8 Å². The zero-order valence-corrected chi connectivity index (χ0v) is 19.7. The van der Waals surface area contributed by atoms with Crippen LogP contribution in [0.1, 0.15) is 45.5 Å². The van der Waals surface area contributed by atoms with Crippen molar-refractivity contribution in [2.24, 2.45) is 11.3 Å². The lowest BCUT2D eigenvalue weighted by Gasteiger charge is -2.51. The Hall–Kier alpha value is -2.64. The lowest BCUT2D eigenvalue weighted by molar-refractivity contribution is -0.156. The van der Waals surface area contributed by atoms with Crippen LogP contribution in [0.5, 0.6) is 0 Å². The van der Waals surface area contributed by atoms with Crippen molar-refractivity contribution in [1.82, 2.24) is 20.2 Å². The summed E-state index contributed by atoms with van der Waals surface area (Å²) in [6.07, 6.45) is 6.58. The standard InChI is InChI=1S/C24H31ClN4O3/c1-16(2)21(28-20(30)10-9-19-26-12-13-27-19)22(31)29-14-11-24(32,23(3,4)15-29)17-5-7-18(25)8-6-17/h5-10,12-13,16,21,32H,11,14-15H2,1-4H3,(H,26,27)(H,28,30)/b10-9+/t21-,24+/m1/s1. The minimum Gasteiger partial charge on any atom is -0.384 e. The molecule has 3 rings (SSSR count). The van der Waals surface area contributed by atoms with E-state index in [1.54, 1.807) is 35.5 Å². The number of aromatic amines is 1. The van der Waals surface area contributed by atoms with E-state index in [4.69, 9.17) is 11.6 Å². The SMILES string of the molecule is CC(C)[C@@H](NC(=O)/C=C/c1ncc[nH]1)C(=O)N1CC[C@](O)(c2ccc(Cl)cc2)C(C)(C)C1. The maximum absolute atomic E-state index is 13.4. The zero-order valence-electron chi connectivity index (χ0n) is 18.9. The van der Waals surface area contributed by atoms with Crippen LogP contribution in [0.25, 0.3) is 6.08 Å². The van der Waals surface area contributed by atoms with E-state index in [0.29, 0.717) is 30.4 Å². The molecule has 1 fully saturated rings. The van der Waals surface area contributed by atoms with E-state index in [1.165, 1.54) is 6.08 Å². The van der Waals surface area contributed by atoms with Gasteiger partial charge in [0.2, 0.25) is 11.8 Å². The average molecular weight is 459 g/mol. The van der Waals surface area contributed by atoms with Crippen molar-refractivity contribution in [1.29, 1.82) is 0 Å². The molecule has 2 amide bonds. The highest BCUT2D eigenvalue weighted by Gasteiger charge is 2.50. The van der Waals surface area contributed by atoms with Gasteiger partial charge >= 0.3 is 0 Å². The number of amides is 2. The number of halogens is 1. The number of H-pyrrole nitrogens is 1. The Morgan fingerprint density at radius 1 is 1.28 bits per heavy atom. The van der Waals surface area contributed by atoms with Gasteiger partial charge in [-0.3, -0.25) is 9.59 Å². The van der Waals surface area contributed by atoms with Crippen LogP contribution in [0.4, 0.5) is 0 Å². The van der Waals surface area contributed by atoms with Gasteiger partial charge in [-0.15, -0.1) is 0 Å². The monoisotopic (exact) mass is 458 g/mol. The molecule has 7 nitrogen and oxygen atoms in total. The number of carbonyl (C=O) groups is 2. The Balaban J connectivity index is 1.71. The molecule has 1 aliphatic heterocycles. The van der Waals surface area contributed by atoms with Crippen LogP contribution < -0.4 is 5.32 Å². The minimum absolute atomic E-state index is 0.0938. The Morgan fingerprint density at radius 2 is 1.97 bits per heavy atom. The summed E-state index contributed by atoms with van der Waals surface area (Å²) in [5.74, 6) is -0.0381. The van der Waals surface area contributed by atoms with Crippen LogP contribution in [0, 0.1) is 11.3 Å². The number of rotatable bonds is 6. The van der Waals surface area contributed by atoms with Gasteiger partial charge in [-0.2, -0.15) is 0 Å². The molecule has 32 heavy (non-hydrogen) atoms. The highest BCUT2D eigenvalue weighted by Crippen LogP contribution is 2.46. The fourth-order valence-electron chi connectivity index (χ4n) is 4.21. The van der Waals surface area contributed by atoms with E-state index >= 15 is 0 Å². The topological polar surface area (TPSA) is 98.3 Å². The van der Waals surface area contributed by atoms with Gasteiger partial charge in [0.25, 0.3) is 0 Å². The molecule has 1 aromatic carbocycles. The molecule has 0 aliphatic carbocycles. The van der Waals surface area contributed by atoms with Crippen molar-refractivity contribution < 1.29 is 14.7 Å². The van der Waals surface area contributed by atoms with Crippen LogP contribution in [0.15, 0.2) is 42.7 Å². The largest absolute Gasteiger partial charge is 0.384 e. The molecular formula is C24H31ClN4O3. The summed E-state index contributed by atoms with van der Waals surface area (Å²) in [6.45, 7) is 8.47. The number of aliphatic hydroxyl groups is 1. The summed E-state index contributed by atoms with van der Waals surface area (Å²) in [6, 6.07) is 6.54. The highest BCUT2D eigenvalue weighted by molar-refractivity contribution is 6.30. The van der Waals surface area contributed by atoms with Crippen molar-refractivity contribution in [3.8, 4) is 0 Å². The summed E-state index contributed by atoms with van der Waals surface area (Å²) >= 11 is 6.01. The van der Waals surface area contributed by atoms with Crippen LogP contribution in [-0.4, -0.2) is 50.9 Å². The summed E-state index contributed by atoms with van der Waals surface area (Å²) < 4.78 is 0. The maximum atomic E-state index is 13.4. The van der Waals surface area contributed by atoms with Gasteiger partial charge < -0.3 is 20.3 Å². The predicted molar refractivity (Wildman–Crippen MR) is 125 cm³/mol. The third-order valence-electron chi connectivity index (χ3n) is 6.23. The van der Waals surface area contributed by atoms with Crippen LogP contribution in [0.3, 0.4) is 0 Å². The van der Waals surface area contributed by atoms with E-state index < -0.39 is 17.1 Å². The normalized spacial score (nSPS) is 21.7. The predicted octanol–water partition coefficient (Wildman–Crippen LogP) is 3.36. The molecule has 0 unspecified atom stereocenters. The minimum atomic E-state index is -1.09. The molecule has 3 N–H and O–H groups in total. The number of aromatic nitrogens is 2. The van der Waals surface area contributed by atoms with Gasteiger partial charge in [-0.05, 0) is 36.1 Å². The number of benzene rings is 1. The van der Waals surface area contributed by atoms with Crippen LogP contribution in [-0.2, 0) is 15.2 Å². The van der Waals surface area contributed by atoms with Crippen LogP contribution in [0.2, 0.25) is 5.02 Å². The zero-order chi connectivity index (χ0) is 23.5. The number of hydrogen-bond donors (Lipinski definition) is 3. The van der Waals surface area contributed by atoms with Gasteiger partial charge in [0.1, 0.15) is 11.9 Å². The molecule has 1 saturated heterocycles. The number of hydrogen-bond acceptors (Lipinski definition) is 4. The Bertz CT molecular complexity index is 970. The van der Waals surface area contributed by atoms with E-state index in [-0.39, 0.29) is 17.7 Å². The van der Waals surface area contributed by atoms with Crippen molar-refractivity contribution in [3.05, 3.63) is 59.1 Å². The molecule has 2 heterocycles. The molecule has 1 aromatic heterocycles. The molecule has 2 aromatic rings. The second-order valence-electron chi connectivity index (χ2n) is 9.30.